The first kappa shape index (κ1) is 17.1. The van der Waals surface area contributed by atoms with Crippen molar-refractivity contribution in [2.45, 2.75) is 24.4 Å². The number of benzene rings is 2. The lowest BCUT2D eigenvalue weighted by Crippen LogP contribution is -2.55. The first-order valence-corrected chi connectivity index (χ1v) is 8.07. The molecule has 2 N–H and O–H groups in total. The van der Waals surface area contributed by atoms with Gasteiger partial charge in [0.1, 0.15) is 12.2 Å². The van der Waals surface area contributed by atoms with Crippen molar-refractivity contribution in [3.63, 3.8) is 0 Å². The fraction of sp³-hybridized carbons (Fsp3) is 0.333. The normalized spacial score (nSPS) is 25.3. The summed E-state index contributed by atoms with van der Waals surface area (Å²) in [6.07, 6.45) is -6.82. The molecule has 26 heavy (non-hydrogen) atoms. The molecule has 0 amide bonds. The molecule has 3 atom stereocenters. The zero-order valence-electron chi connectivity index (χ0n) is 13.5. The number of aliphatic hydroxyl groups excluding tert-OH is 2. The number of ether oxygens (including phenoxy) is 2. The van der Waals surface area contributed by atoms with Crippen LogP contribution in [-0.2, 0) is 10.9 Å². The number of rotatable bonds is 1. The molecule has 2 aliphatic heterocycles. The highest BCUT2D eigenvalue weighted by molar-refractivity contribution is 5.79. The van der Waals surface area contributed by atoms with E-state index in [9.17, 15) is 23.4 Å². The number of para-hydroxylation sites is 2. The van der Waals surface area contributed by atoms with E-state index in [1.165, 1.54) is 6.07 Å². The van der Waals surface area contributed by atoms with E-state index in [0.29, 0.717) is 11.4 Å². The van der Waals surface area contributed by atoms with Crippen LogP contribution in [0.1, 0.15) is 5.56 Å². The summed E-state index contributed by atoms with van der Waals surface area (Å²) in [7, 11) is 0. The van der Waals surface area contributed by atoms with Crippen molar-refractivity contribution < 1.29 is 32.9 Å². The highest BCUT2D eigenvalue weighted by atomic mass is 19.4. The number of hydrogen-bond acceptors (Lipinski definition) is 5. The number of hydrogen-bond donors (Lipinski definition) is 2. The standard InChI is InChI=1S/C18H16F3NO4/c19-18(20,21)10-5-6-16-12(7-10)22(11-3-1-2-4-15(11)26-16)13-8-25-9-14(23)17(13)24/h1-7,13-14,17,23-24H,8-9H2/t13-,14-,17+/m0/s1. The summed E-state index contributed by atoms with van der Waals surface area (Å²) in [6, 6.07) is 9.28. The molecule has 8 heteroatoms. The minimum Gasteiger partial charge on any atom is -0.453 e. The Morgan fingerprint density at radius 3 is 2.46 bits per heavy atom. The highest BCUT2D eigenvalue weighted by Gasteiger charge is 2.41. The minimum absolute atomic E-state index is 0.0287. The van der Waals surface area contributed by atoms with Crippen LogP contribution in [-0.4, -0.2) is 41.7 Å². The van der Waals surface area contributed by atoms with Crippen LogP contribution in [0.3, 0.4) is 0 Å². The summed E-state index contributed by atoms with van der Waals surface area (Å²) in [4.78, 5) is 1.55. The van der Waals surface area contributed by atoms with Gasteiger partial charge in [0.25, 0.3) is 0 Å². The Morgan fingerprint density at radius 1 is 0.962 bits per heavy atom. The maximum atomic E-state index is 13.2. The summed E-state index contributed by atoms with van der Waals surface area (Å²) in [5, 5.41) is 20.4. The topological polar surface area (TPSA) is 62.2 Å². The SMILES string of the molecule is O[C@H]1[C@@H](O)COC[C@@H]1N1c2ccccc2Oc2ccc(C(F)(F)F)cc21. The average molecular weight is 367 g/mol. The van der Waals surface area contributed by atoms with Gasteiger partial charge in [0.2, 0.25) is 0 Å². The molecule has 2 aromatic carbocycles. The third-order valence-corrected chi connectivity index (χ3v) is 4.59. The van der Waals surface area contributed by atoms with E-state index in [2.05, 4.69) is 0 Å². The largest absolute Gasteiger partial charge is 0.453 e. The maximum Gasteiger partial charge on any atom is 0.416 e. The Morgan fingerprint density at radius 2 is 1.69 bits per heavy atom. The Hall–Kier alpha value is -2.29. The Kier molecular flexibility index (Phi) is 4.06. The molecule has 0 unspecified atom stereocenters. The van der Waals surface area contributed by atoms with Crippen LogP contribution < -0.4 is 9.64 Å². The van der Waals surface area contributed by atoms with Gasteiger partial charge in [-0.25, -0.2) is 0 Å². The van der Waals surface area contributed by atoms with Gasteiger partial charge >= 0.3 is 6.18 Å². The maximum absolute atomic E-state index is 13.2. The van der Waals surface area contributed by atoms with Crippen molar-refractivity contribution in [3.8, 4) is 11.5 Å². The summed E-state index contributed by atoms with van der Waals surface area (Å²) in [6.45, 7) is 0.0291. The van der Waals surface area contributed by atoms with Crippen LogP contribution in [0.4, 0.5) is 24.5 Å². The van der Waals surface area contributed by atoms with E-state index in [1.807, 2.05) is 0 Å². The first-order valence-electron chi connectivity index (χ1n) is 8.07. The van der Waals surface area contributed by atoms with Gasteiger partial charge in [-0.3, -0.25) is 0 Å². The third kappa shape index (κ3) is 2.80. The monoisotopic (exact) mass is 367 g/mol. The molecule has 2 aliphatic rings. The second-order valence-corrected chi connectivity index (χ2v) is 6.28. The zero-order chi connectivity index (χ0) is 18.5. The molecule has 5 nitrogen and oxygen atoms in total. The highest BCUT2D eigenvalue weighted by Crippen LogP contribution is 2.49. The van der Waals surface area contributed by atoms with E-state index < -0.39 is 30.0 Å². The van der Waals surface area contributed by atoms with Crippen molar-refractivity contribution in [1.29, 1.82) is 0 Å². The summed E-state index contributed by atoms with van der Waals surface area (Å²) < 4.78 is 50.6. The molecule has 0 spiro atoms. The van der Waals surface area contributed by atoms with Gasteiger partial charge in [-0.2, -0.15) is 13.2 Å². The Balaban J connectivity index is 1.86. The molecule has 1 fully saturated rings. The Bertz CT molecular complexity index is 826. The van der Waals surface area contributed by atoms with Crippen LogP contribution in [0.15, 0.2) is 42.5 Å². The molecule has 0 bridgehead atoms. The quantitative estimate of drug-likeness (QED) is 0.811. The number of aliphatic hydroxyl groups is 2. The van der Waals surface area contributed by atoms with Gasteiger partial charge < -0.3 is 24.6 Å². The molecule has 4 rings (SSSR count). The molecule has 0 saturated carbocycles. The lowest BCUT2D eigenvalue weighted by molar-refractivity contribution is -0.137. The lowest BCUT2D eigenvalue weighted by atomic mass is 9.99. The van der Waals surface area contributed by atoms with Crippen LogP contribution >= 0.6 is 0 Å². The molecule has 0 radical (unpaired) electrons. The van der Waals surface area contributed by atoms with Crippen molar-refractivity contribution in [3.05, 3.63) is 48.0 Å². The van der Waals surface area contributed by atoms with E-state index >= 15 is 0 Å². The zero-order valence-corrected chi connectivity index (χ0v) is 13.5. The molecular formula is C18H16F3NO4. The molecule has 1 saturated heterocycles. The van der Waals surface area contributed by atoms with Gasteiger partial charge in [-0.05, 0) is 30.3 Å². The van der Waals surface area contributed by atoms with Crippen LogP contribution in [0.25, 0.3) is 0 Å². The predicted octanol–water partition coefficient (Wildman–Crippen LogP) is 3.07. The van der Waals surface area contributed by atoms with Crippen molar-refractivity contribution in [2.75, 3.05) is 18.1 Å². The molecule has 0 aliphatic carbocycles. The second-order valence-electron chi connectivity index (χ2n) is 6.28. The molecule has 0 aromatic heterocycles. The first-order chi connectivity index (χ1) is 12.4. The van der Waals surface area contributed by atoms with Crippen LogP contribution in [0.5, 0.6) is 11.5 Å². The molecule has 2 aromatic rings. The molecular weight excluding hydrogens is 351 g/mol. The summed E-state index contributed by atoms with van der Waals surface area (Å²) >= 11 is 0. The number of fused-ring (bicyclic) bond motifs is 2. The van der Waals surface area contributed by atoms with Gasteiger partial charge in [0.05, 0.1) is 36.2 Å². The average Bonchev–Trinajstić information content (AvgIpc) is 2.61. The van der Waals surface area contributed by atoms with Crippen molar-refractivity contribution in [2.24, 2.45) is 0 Å². The van der Waals surface area contributed by atoms with Gasteiger partial charge in [0.15, 0.2) is 11.5 Å². The number of alkyl halides is 3. The fourth-order valence-electron chi connectivity index (χ4n) is 3.31. The lowest BCUT2D eigenvalue weighted by Gasteiger charge is -2.43. The van der Waals surface area contributed by atoms with Crippen molar-refractivity contribution >= 4 is 11.4 Å². The van der Waals surface area contributed by atoms with Crippen molar-refractivity contribution in [1.82, 2.24) is 0 Å². The van der Waals surface area contributed by atoms with Gasteiger partial charge in [0, 0.05) is 0 Å². The van der Waals surface area contributed by atoms with E-state index in [-0.39, 0.29) is 24.7 Å². The number of nitrogens with zero attached hydrogens (tertiary/aromatic N) is 1. The Labute approximate surface area is 147 Å². The van der Waals surface area contributed by atoms with Gasteiger partial charge in [-0.15, -0.1) is 0 Å². The van der Waals surface area contributed by atoms with E-state index in [1.54, 1.807) is 29.2 Å². The van der Waals surface area contributed by atoms with Crippen LogP contribution in [0.2, 0.25) is 0 Å². The molecule has 138 valence electrons. The molecule has 2 heterocycles. The fourth-order valence-corrected chi connectivity index (χ4v) is 3.31. The van der Waals surface area contributed by atoms with E-state index in [0.717, 1.165) is 12.1 Å². The summed E-state index contributed by atoms with van der Waals surface area (Å²) in [5.41, 5.74) is -0.155. The van der Waals surface area contributed by atoms with Crippen LogP contribution in [0, 0.1) is 0 Å². The number of anilines is 2. The van der Waals surface area contributed by atoms with E-state index in [4.69, 9.17) is 9.47 Å². The second kappa shape index (κ2) is 6.15. The predicted molar refractivity (Wildman–Crippen MR) is 86.7 cm³/mol. The summed E-state index contributed by atoms with van der Waals surface area (Å²) in [5.74, 6) is 0.691. The third-order valence-electron chi connectivity index (χ3n) is 4.59. The minimum atomic E-state index is -4.52. The number of halogens is 3. The smallest absolute Gasteiger partial charge is 0.416 e. The van der Waals surface area contributed by atoms with Gasteiger partial charge in [-0.1, -0.05) is 12.1 Å².